The van der Waals surface area contributed by atoms with Gasteiger partial charge < -0.3 is 47.7 Å². The van der Waals surface area contributed by atoms with E-state index >= 15 is 0 Å². The third kappa shape index (κ3) is 15.8. The average molecular weight is 1080 g/mol. The highest BCUT2D eigenvalue weighted by Crippen LogP contribution is 2.37. The van der Waals surface area contributed by atoms with Gasteiger partial charge in [0.15, 0.2) is 17.2 Å². The van der Waals surface area contributed by atoms with E-state index in [1.807, 2.05) is 146 Å². The van der Waals surface area contributed by atoms with Gasteiger partial charge in [0, 0.05) is 38.3 Å². The number of ether oxygens (including phenoxy) is 8. The minimum atomic E-state index is -0.657. The molecule has 0 saturated carbocycles. The number of hydrogen-bond donors (Lipinski definition) is 0. The Kier molecular flexibility index (Phi) is 20.4. The van der Waals surface area contributed by atoms with Gasteiger partial charge in [-0.05, 0) is 120 Å². The van der Waals surface area contributed by atoms with Crippen LogP contribution in [-0.4, -0.2) is 44.3 Å². The quantitative estimate of drug-likeness (QED) is 0.0183. The zero-order valence-corrected chi connectivity index (χ0v) is 45.7. The highest BCUT2D eigenvalue weighted by atomic mass is 16.6. The molecule has 14 heteroatoms. The van der Waals surface area contributed by atoms with Gasteiger partial charge in [-0.2, -0.15) is 0 Å². The van der Waals surface area contributed by atoms with Gasteiger partial charge in [0.1, 0.15) is 62.6 Å². The monoisotopic (exact) mass is 1080 g/mol. The van der Waals surface area contributed by atoms with Crippen molar-refractivity contribution in [3.8, 4) is 40.2 Å². The molecule has 0 saturated heterocycles. The van der Waals surface area contributed by atoms with Crippen LogP contribution in [0.2, 0.25) is 0 Å². The van der Waals surface area contributed by atoms with Gasteiger partial charge in [-0.25, -0.2) is 4.79 Å². The molecule has 0 fully saturated rings. The second-order valence-electron chi connectivity index (χ2n) is 18.6. The number of rotatable bonds is 30. The van der Waals surface area contributed by atoms with Crippen LogP contribution in [0.1, 0.15) is 70.1 Å². The van der Waals surface area contributed by atoms with Gasteiger partial charge in [0.25, 0.3) is 0 Å². The van der Waals surface area contributed by atoms with E-state index in [1.54, 1.807) is 20.1 Å². The van der Waals surface area contributed by atoms with Crippen molar-refractivity contribution in [1.29, 1.82) is 0 Å². The second-order valence-corrected chi connectivity index (χ2v) is 18.6. The maximum absolute atomic E-state index is 12.5. The lowest BCUT2D eigenvalue weighted by Gasteiger charge is -2.28. The van der Waals surface area contributed by atoms with Crippen LogP contribution >= 0.6 is 0 Å². The number of nitro groups is 1. The maximum atomic E-state index is 12.5. The number of anilines is 2. The van der Waals surface area contributed by atoms with E-state index in [9.17, 15) is 14.9 Å². The summed E-state index contributed by atoms with van der Waals surface area (Å²) in [5, 5.41) is 12.3. The molecule has 0 aromatic heterocycles. The first-order valence-electron chi connectivity index (χ1n) is 26.6. The Labute approximate surface area is 468 Å². The zero-order valence-electron chi connectivity index (χ0n) is 45.7. The van der Waals surface area contributed by atoms with Crippen molar-refractivity contribution in [3.05, 3.63) is 249 Å². The normalized spacial score (nSPS) is 10.8. The summed E-state index contributed by atoms with van der Waals surface area (Å²) in [6.45, 7) is 13.7. The van der Waals surface area contributed by atoms with Crippen LogP contribution in [0.15, 0.2) is 195 Å². The summed E-state index contributed by atoms with van der Waals surface area (Å²) in [4.78, 5) is 28.7. The number of nitrogens with zero attached hydrogens (tertiary/aromatic N) is 3. The molecule has 8 aromatic rings. The Bertz CT molecular complexity index is 3240. The number of benzene rings is 8. The lowest BCUT2D eigenvalue weighted by atomic mass is 10.1. The minimum absolute atomic E-state index is 0.00993. The zero-order chi connectivity index (χ0) is 56.1. The molecule has 80 heavy (non-hydrogen) atoms. The summed E-state index contributed by atoms with van der Waals surface area (Å²) in [5.41, 5.74) is 8.07. The molecule has 0 aliphatic carbocycles. The van der Waals surface area contributed by atoms with Crippen molar-refractivity contribution >= 4 is 23.0 Å². The van der Waals surface area contributed by atoms with E-state index in [0.29, 0.717) is 80.5 Å². The summed E-state index contributed by atoms with van der Waals surface area (Å²) in [6.07, 6.45) is 1.69. The Balaban J connectivity index is 1.11. The summed E-state index contributed by atoms with van der Waals surface area (Å²) in [7, 11) is 1.61. The highest BCUT2D eigenvalue weighted by molar-refractivity contribution is 5.90. The van der Waals surface area contributed by atoms with E-state index < -0.39 is 10.9 Å². The van der Waals surface area contributed by atoms with Crippen molar-refractivity contribution in [3.63, 3.8) is 0 Å². The number of methoxy groups -OCH3 is 1. The molecule has 0 radical (unpaired) electrons. The van der Waals surface area contributed by atoms with Crippen molar-refractivity contribution in [2.45, 2.75) is 66.9 Å². The second kappa shape index (κ2) is 28.8. The number of nitro benzene ring substituents is 1. The molecule has 8 aromatic carbocycles. The molecule has 0 aliphatic heterocycles. The summed E-state index contributed by atoms with van der Waals surface area (Å²) >= 11 is 0. The molecular weight excluding hydrogens is 1010 g/mol. The fourth-order valence-corrected chi connectivity index (χ4v) is 8.85. The topological polar surface area (TPSA) is 141 Å². The van der Waals surface area contributed by atoms with Gasteiger partial charge in [0.05, 0.1) is 35.6 Å². The fourth-order valence-electron chi connectivity index (χ4n) is 8.85. The van der Waals surface area contributed by atoms with Crippen LogP contribution in [0, 0.1) is 10.1 Å². The van der Waals surface area contributed by atoms with E-state index in [0.717, 1.165) is 50.3 Å². The standard InChI is InChI=1S/C66H67N3O11/c1-6-33-75-64-31-27-53(38-65(64)73-5)47-79-61-29-25-51(36-58(61)67(7-2)41-48-19-13-10-14-20-48)45-78-62-30-26-52(46-80-63-32-28-55(66(70)74-9-4)39-60(63)69(71)72)37-59(62)68(8-3)42-54-34-56(76-43-49-21-15-11-16-22-49)40-57(35-54)77-44-50-23-17-12-18-24-50/h6,10-32,34-40H,1,7-9,33,41-47H2,2-5H3. The Morgan fingerprint density at radius 3 is 1.44 bits per heavy atom. The number of esters is 1. The van der Waals surface area contributed by atoms with Gasteiger partial charge in [-0.1, -0.05) is 122 Å². The van der Waals surface area contributed by atoms with Crippen LogP contribution in [0.3, 0.4) is 0 Å². The highest BCUT2D eigenvalue weighted by Gasteiger charge is 2.22. The summed E-state index contributed by atoms with van der Waals surface area (Å²) in [6, 6.07) is 58.0. The average Bonchev–Trinajstić information content (AvgIpc) is 3.49. The number of carbonyl (C=O) groups is 1. The summed E-state index contributed by atoms with van der Waals surface area (Å²) in [5.74, 6) is 3.20. The molecule has 0 atom stereocenters. The predicted molar refractivity (Wildman–Crippen MR) is 311 cm³/mol. The lowest BCUT2D eigenvalue weighted by Crippen LogP contribution is -2.23. The molecule has 0 amide bonds. The van der Waals surface area contributed by atoms with Crippen LogP contribution in [0.25, 0.3) is 0 Å². The predicted octanol–water partition coefficient (Wildman–Crippen LogP) is 14.3. The summed E-state index contributed by atoms with van der Waals surface area (Å²) < 4.78 is 49.0. The third-order valence-electron chi connectivity index (χ3n) is 13.0. The Hall–Kier alpha value is -9.43. The molecule has 0 heterocycles. The van der Waals surface area contributed by atoms with Gasteiger partial charge >= 0.3 is 11.7 Å². The largest absolute Gasteiger partial charge is 0.493 e. The van der Waals surface area contributed by atoms with E-state index in [2.05, 4.69) is 48.4 Å². The van der Waals surface area contributed by atoms with E-state index in [1.165, 1.54) is 18.2 Å². The first kappa shape index (κ1) is 56.8. The van der Waals surface area contributed by atoms with Crippen LogP contribution in [0.5, 0.6) is 40.2 Å². The smallest absolute Gasteiger partial charge is 0.338 e. The molecular formula is C66H67N3O11. The fraction of sp³-hybridized carbons (Fsp3) is 0.227. The van der Waals surface area contributed by atoms with Crippen molar-refractivity contribution in [2.75, 3.05) is 43.2 Å². The van der Waals surface area contributed by atoms with E-state index in [4.69, 9.17) is 37.9 Å². The molecule has 0 unspecified atom stereocenters. The lowest BCUT2D eigenvalue weighted by molar-refractivity contribution is -0.386. The molecule has 14 nitrogen and oxygen atoms in total. The molecule has 0 spiro atoms. The van der Waals surface area contributed by atoms with E-state index in [-0.39, 0.29) is 43.4 Å². The van der Waals surface area contributed by atoms with Crippen molar-refractivity contribution in [2.24, 2.45) is 0 Å². The number of carbonyl (C=O) groups excluding carboxylic acids is 1. The maximum Gasteiger partial charge on any atom is 0.338 e. The third-order valence-corrected chi connectivity index (χ3v) is 13.0. The van der Waals surface area contributed by atoms with Crippen molar-refractivity contribution in [1.82, 2.24) is 0 Å². The van der Waals surface area contributed by atoms with Crippen LogP contribution in [0.4, 0.5) is 17.1 Å². The molecule has 0 aliphatic rings. The van der Waals surface area contributed by atoms with Gasteiger partial charge in [-0.3, -0.25) is 10.1 Å². The molecule has 8 rings (SSSR count). The SMILES string of the molecule is C=CCOc1ccc(COc2ccc(COc3ccc(COc4ccc(C(=O)OCC)cc4[N+](=O)[O-])cc3N(CC)Cc3cc(OCc4ccccc4)cc(OCc4ccccc4)c3)cc2N(CC)Cc2ccccc2)cc1OC. The number of hydrogen-bond acceptors (Lipinski definition) is 13. The van der Waals surface area contributed by atoms with Crippen LogP contribution < -0.4 is 43.0 Å². The first-order valence-corrected chi connectivity index (χ1v) is 26.6. The van der Waals surface area contributed by atoms with Crippen LogP contribution in [-0.2, 0) is 50.9 Å². The molecule has 0 N–H and O–H groups in total. The van der Waals surface area contributed by atoms with Gasteiger partial charge in [-0.15, -0.1) is 0 Å². The van der Waals surface area contributed by atoms with Crippen molar-refractivity contribution < 1.29 is 47.6 Å². The molecule has 412 valence electrons. The molecule has 0 bridgehead atoms. The Morgan fingerprint density at radius 1 is 0.487 bits per heavy atom. The minimum Gasteiger partial charge on any atom is -0.493 e. The Morgan fingerprint density at radius 2 is 0.950 bits per heavy atom. The first-order chi connectivity index (χ1) is 39.1. The van der Waals surface area contributed by atoms with Gasteiger partial charge in [0.2, 0.25) is 0 Å².